The van der Waals surface area contributed by atoms with E-state index in [0.29, 0.717) is 24.4 Å². The number of rotatable bonds is 7. The second kappa shape index (κ2) is 10.1. The fourth-order valence-corrected chi connectivity index (χ4v) is 3.79. The summed E-state index contributed by atoms with van der Waals surface area (Å²) in [7, 11) is 0. The molecule has 6 nitrogen and oxygen atoms in total. The van der Waals surface area contributed by atoms with Gasteiger partial charge in [0.25, 0.3) is 5.91 Å². The van der Waals surface area contributed by atoms with Crippen molar-refractivity contribution in [3.63, 3.8) is 0 Å². The lowest BCUT2D eigenvalue weighted by atomic mass is 10.1. The molecule has 2 amide bonds. The van der Waals surface area contributed by atoms with Crippen LogP contribution in [0.4, 0.5) is 11.4 Å². The number of nitrogens with zero attached hydrogens (tertiary/aromatic N) is 1. The average molecular weight is 430 g/mol. The Labute approximate surface area is 188 Å². The molecule has 0 aliphatic carbocycles. The maximum atomic E-state index is 13.2. The van der Waals surface area contributed by atoms with E-state index >= 15 is 0 Å². The van der Waals surface area contributed by atoms with Crippen molar-refractivity contribution in [2.45, 2.75) is 31.9 Å². The van der Waals surface area contributed by atoms with Crippen molar-refractivity contribution in [2.24, 2.45) is 5.73 Å². The van der Waals surface area contributed by atoms with Gasteiger partial charge >= 0.3 is 0 Å². The molecule has 1 atom stereocenters. The van der Waals surface area contributed by atoms with E-state index in [1.54, 1.807) is 4.90 Å². The zero-order valence-electron chi connectivity index (χ0n) is 17.9. The Morgan fingerprint density at radius 2 is 1.78 bits per heavy atom. The number of nitrogens with two attached hydrogens (primary N) is 1. The van der Waals surface area contributed by atoms with Gasteiger partial charge in [0.05, 0.1) is 0 Å². The maximum absolute atomic E-state index is 13.2. The first kappa shape index (κ1) is 21.6. The van der Waals surface area contributed by atoms with Crippen molar-refractivity contribution in [3.05, 3.63) is 90.0 Å². The highest BCUT2D eigenvalue weighted by Crippen LogP contribution is 2.26. The molecule has 1 unspecified atom stereocenters. The smallest absolute Gasteiger partial charge is 0.270 e. The quantitative estimate of drug-likeness (QED) is 0.582. The van der Waals surface area contributed by atoms with Crippen molar-refractivity contribution >= 4 is 23.2 Å². The molecule has 0 aromatic heterocycles. The van der Waals surface area contributed by atoms with Gasteiger partial charge in [-0.1, -0.05) is 42.5 Å². The lowest BCUT2D eigenvalue weighted by Crippen LogP contribution is -2.35. The van der Waals surface area contributed by atoms with Crippen LogP contribution in [0, 0.1) is 0 Å². The highest BCUT2D eigenvalue weighted by molar-refractivity contribution is 5.96. The molecule has 0 saturated carbocycles. The molecule has 1 aliphatic heterocycles. The van der Waals surface area contributed by atoms with Crippen LogP contribution in [0.25, 0.3) is 0 Å². The summed E-state index contributed by atoms with van der Waals surface area (Å²) in [5, 5.41) is 2.94. The fraction of sp³-hybridized carbons (Fsp3) is 0.231. The van der Waals surface area contributed by atoms with Crippen LogP contribution in [0.2, 0.25) is 0 Å². The van der Waals surface area contributed by atoms with Crippen LogP contribution in [-0.2, 0) is 16.1 Å². The molecular weight excluding hydrogens is 402 g/mol. The maximum Gasteiger partial charge on any atom is 0.270 e. The molecule has 3 aromatic rings. The zero-order chi connectivity index (χ0) is 22.3. The minimum atomic E-state index is -0.826. The van der Waals surface area contributed by atoms with Crippen molar-refractivity contribution in [1.29, 1.82) is 0 Å². The van der Waals surface area contributed by atoms with Crippen LogP contribution in [0.15, 0.2) is 78.9 Å². The third-order valence-corrected chi connectivity index (χ3v) is 5.50. The molecule has 0 bridgehead atoms. The van der Waals surface area contributed by atoms with Crippen LogP contribution in [-0.4, -0.2) is 18.4 Å². The van der Waals surface area contributed by atoms with Gasteiger partial charge in [0.2, 0.25) is 12.0 Å². The number of carbonyl (C=O) groups excluding carboxylic acids is 2. The molecule has 1 aliphatic rings. The van der Waals surface area contributed by atoms with Crippen molar-refractivity contribution < 1.29 is 14.3 Å². The summed E-state index contributed by atoms with van der Waals surface area (Å²) in [6.45, 7) is 1.13. The van der Waals surface area contributed by atoms with E-state index in [-0.39, 0.29) is 11.8 Å². The largest absolute Gasteiger partial charge is 0.476 e. The van der Waals surface area contributed by atoms with Gasteiger partial charge in [-0.25, -0.2) is 0 Å². The number of hydrogen-bond acceptors (Lipinski definition) is 4. The molecule has 0 radical (unpaired) electrons. The van der Waals surface area contributed by atoms with Crippen molar-refractivity contribution in [2.75, 3.05) is 16.8 Å². The Morgan fingerprint density at radius 1 is 1.00 bits per heavy atom. The Balaban J connectivity index is 1.51. The third-order valence-electron chi connectivity index (χ3n) is 5.50. The van der Waals surface area contributed by atoms with E-state index in [1.165, 1.54) is 0 Å². The highest BCUT2D eigenvalue weighted by Gasteiger charge is 2.24. The van der Waals surface area contributed by atoms with Crippen molar-refractivity contribution in [1.82, 2.24) is 0 Å². The average Bonchev–Trinajstić information content (AvgIpc) is 2.84. The van der Waals surface area contributed by atoms with E-state index in [1.807, 2.05) is 78.9 Å². The Morgan fingerprint density at radius 3 is 2.50 bits per heavy atom. The lowest BCUT2D eigenvalue weighted by Gasteiger charge is -2.27. The van der Waals surface area contributed by atoms with Gasteiger partial charge in [0.1, 0.15) is 5.75 Å². The van der Waals surface area contributed by atoms with Crippen molar-refractivity contribution in [3.8, 4) is 5.75 Å². The summed E-state index contributed by atoms with van der Waals surface area (Å²) in [6, 6.07) is 24.2. The number of benzene rings is 3. The molecular formula is C26H27N3O3. The molecule has 164 valence electrons. The lowest BCUT2D eigenvalue weighted by molar-refractivity contribution is -0.123. The number of nitrogens with one attached hydrogen (secondary N) is 1. The SMILES string of the molecule is NCc1cccc(OC(C(=O)Nc2ccc(N3CCCCC3=O)cc2)c2ccccc2)c1. The van der Waals surface area contributed by atoms with Gasteiger partial charge in [-0.05, 0) is 54.8 Å². The molecule has 1 heterocycles. The number of anilines is 2. The number of piperidine rings is 1. The molecule has 6 heteroatoms. The van der Waals surface area contributed by atoms with Crippen LogP contribution >= 0.6 is 0 Å². The summed E-state index contributed by atoms with van der Waals surface area (Å²) in [5.41, 5.74) is 8.91. The first-order chi connectivity index (χ1) is 15.6. The zero-order valence-corrected chi connectivity index (χ0v) is 17.9. The van der Waals surface area contributed by atoms with E-state index in [0.717, 1.165) is 36.2 Å². The molecule has 3 aromatic carbocycles. The number of amides is 2. The molecule has 0 spiro atoms. The minimum Gasteiger partial charge on any atom is -0.476 e. The fourth-order valence-electron chi connectivity index (χ4n) is 3.79. The predicted octanol–water partition coefficient (Wildman–Crippen LogP) is 4.42. The summed E-state index contributed by atoms with van der Waals surface area (Å²) < 4.78 is 6.09. The first-order valence-corrected chi connectivity index (χ1v) is 10.9. The highest BCUT2D eigenvalue weighted by atomic mass is 16.5. The number of carbonyl (C=O) groups is 2. The van der Waals surface area contributed by atoms with Crippen LogP contribution in [0.5, 0.6) is 5.75 Å². The van der Waals surface area contributed by atoms with Gasteiger partial charge in [-0.2, -0.15) is 0 Å². The minimum absolute atomic E-state index is 0.144. The van der Waals surface area contributed by atoms with Crippen LogP contribution < -0.4 is 20.7 Å². The van der Waals surface area contributed by atoms with Gasteiger partial charge in [0.15, 0.2) is 0 Å². The third kappa shape index (κ3) is 5.15. The van der Waals surface area contributed by atoms with Gasteiger partial charge < -0.3 is 20.7 Å². The Kier molecular flexibility index (Phi) is 6.82. The second-order valence-electron chi connectivity index (χ2n) is 7.80. The predicted molar refractivity (Wildman–Crippen MR) is 125 cm³/mol. The summed E-state index contributed by atoms with van der Waals surface area (Å²) in [4.78, 5) is 27.1. The van der Waals surface area contributed by atoms with Gasteiger partial charge in [-0.15, -0.1) is 0 Å². The first-order valence-electron chi connectivity index (χ1n) is 10.9. The van der Waals surface area contributed by atoms with E-state index in [4.69, 9.17) is 10.5 Å². The van der Waals surface area contributed by atoms with Gasteiger partial charge in [-0.3, -0.25) is 9.59 Å². The number of hydrogen-bond donors (Lipinski definition) is 2. The Bertz CT molecular complexity index is 1070. The Hall–Kier alpha value is -3.64. The van der Waals surface area contributed by atoms with Gasteiger partial charge in [0, 0.05) is 36.4 Å². The summed E-state index contributed by atoms with van der Waals surface area (Å²) >= 11 is 0. The molecule has 1 saturated heterocycles. The summed E-state index contributed by atoms with van der Waals surface area (Å²) in [5.74, 6) is 0.442. The normalized spacial score (nSPS) is 14.7. The van der Waals surface area contributed by atoms with E-state index < -0.39 is 6.10 Å². The molecule has 1 fully saturated rings. The second-order valence-corrected chi connectivity index (χ2v) is 7.80. The molecule has 3 N–H and O–H groups in total. The topological polar surface area (TPSA) is 84.7 Å². The van der Waals surface area contributed by atoms with Crippen LogP contribution in [0.1, 0.15) is 36.5 Å². The van der Waals surface area contributed by atoms with E-state index in [2.05, 4.69) is 5.32 Å². The standard InChI is InChI=1S/C26H27N3O3/c27-18-19-7-6-10-23(17-19)32-25(20-8-2-1-3-9-20)26(31)28-21-12-14-22(15-13-21)29-16-5-4-11-24(29)30/h1-3,6-10,12-15,17,25H,4-5,11,16,18,27H2,(H,28,31). The summed E-state index contributed by atoms with van der Waals surface area (Å²) in [6.07, 6.45) is 1.71. The van der Waals surface area contributed by atoms with Crippen LogP contribution in [0.3, 0.4) is 0 Å². The molecule has 4 rings (SSSR count). The molecule has 32 heavy (non-hydrogen) atoms. The monoisotopic (exact) mass is 429 g/mol. The number of ether oxygens (including phenoxy) is 1. The van der Waals surface area contributed by atoms with E-state index in [9.17, 15) is 9.59 Å².